The molecule has 0 spiro atoms. The third kappa shape index (κ3) is 2.88. The summed E-state index contributed by atoms with van der Waals surface area (Å²) >= 11 is 1.35. The lowest BCUT2D eigenvalue weighted by atomic mass is 10.3. The molecule has 0 aromatic carbocycles. The second-order valence-corrected chi connectivity index (χ2v) is 3.74. The van der Waals surface area contributed by atoms with E-state index < -0.39 is 0 Å². The van der Waals surface area contributed by atoms with Gasteiger partial charge in [-0.2, -0.15) is 5.10 Å². The number of amidine groups is 1. The number of carbonyl (C=O) groups is 1. The molecule has 0 bridgehead atoms. The number of aromatic nitrogens is 1. The molecule has 1 aromatic heterocycles. The zero-order valence-electron chi connectivity index (χ0n) is 7.75. The maximum Gasteiger partial charge on any atom is 0.236 e. The van der Waals surface area contributed by atoms with Crippen molar-refractivity contribution in [2.24, 2.45) is 10.2 Å². The Morgan fingerprint density at radius 3 is 3.20 bits per heavy atom. The van der Waals surface area contributed by atoms with Crippen LogP contribution in [0.3, 0.4) is 0 Å². The highest BCUT2D eigenvalue weighted by atomic mass is 32.2. The summed E-state index contributed by atoms with van der Waals surface area (Å²) < 4.78 is 0. The molecule has 5 nitrogen and oxygen atoms in total. The van der Waals surface area contributed by atoms with Crippen LogP contribution in [-0.4, -0.2) is 28.0 Å². The molecule has 1 N–H and O–H groups in total. The topological polar surface area (TPSA) is 66.7 Å². The number of carbonyl (C=O) groups excluding carboxylic acids is 1. The molecule has 15 heavy (non-hydrogen) atoms. The fourth-order valence-electron chi connectivity index (χ4n) is 0.980. The van der Waals surface area contributed by atoms with Crippen LogP contribution in [0.5, 0.6) is 0 Å². The summed E-state index contributed by atoms with van der Waals surface area (Å²) in [4.78, 5) is 14.7. The van der Waals surface area contributed by atoms with E-state index in [1.807, 2.05) is 12.1 Å². The van der Waals surface area contributed by atoms with Gasteiger partial charge in [-0.1, -0.05) is 17.8 Å². The molecule has 0 radical (unpaired) electrons. The second-order valence-electron chi connectivity index (χ2n) is 2.77. The average Bonchev–Trinajstić information content (AvgIpc) is 2.66. The van der Waals surface area contributed by atoms with Gasteiger partial charge >= 0.3 is 0 Å². The summed E-state index contributed by atoms with van der Waals surface area (Å²) in [6, 6.07) is 3.69. The Morgan fingerprint density at radius 2 is 2.53 bits per heavy atom. The number of hydrogen-bond acceptors (Lipinski definition) is 5. The largest absolute Gasteiger partial charge is 0.303 e. The van der Waals surface area contributed by atoms with E-state index >= 15 is 0 Å². The maximum atomic E-state index is 10.8. The Hall–Kier alpha value is -1.69. The van der Waals surface area contributed by atoms with Gasteiger partial charge in [0, 0.05) is 18.0 Å². The summed E-state index contributed by atoms with van der Waals surface area (Å²) in [5, 5.41) is 10.8. The number of amides is 1. The van der Waals surface area contributed by atoms with Crippen molar-refractivity contribution < 1.29 is 4.79 Å². The summed E-state index contributed by atoms with van der Waals surface area (Å²) in [7, 11) is 0. The number of thioether (sulfide) groups is 1. The van der Waals surface area contributed by atoms with E-state index in [2.05, 4.69) is 20.5 Å². The fraction of sp³-hybridized carbons (Fsp3) is 0.111. The van der Waals surface area contributed by atoms with Gasteiger partial charge in [-0.3, -0.25) is 9.78 Å². The molecule has 0 aliphatic carbocycles. The highest BCUT2D eigenvalue weighted by Gasteiger charge is 2.15. The molecule has 1 aromatic rings. The maximum absolute atomic E-state index is 10.8. The fourth-order valence-corrected chi connectivity index (χ4v) is 1.61. The lowest BCUT2D eigenvalue weighted by molar-refractivity contribution is -0.116. The third-order valence-electron chi connectivity index (χ3n) is 1.63. The lowest BCUT2D eigenvalue weighted by Gasteiger charge is -1.90. The Kier molecular flexibility index (Phi) is 3.08. The first-order valence-electron chi connectivity index (χ1n) is 4.28. The first-order chi connectivity index (χ1) is 7.34. The van der Waals surface area contributed by atoms with Crippen molar-refractivity contribution in [3.05, 3.63) is 30.1 Å². The predicted octanol–water partition coefficient (Wildman–Crippen LogP) is 0.635. The zero-order valence-corrected chi connectivity index (χ0v) is 8.57. The minimum absolute atomic E-state index is 0.0321. The number of nitrogens with zero attached hydrogens (tertiary/aromatic N) is 3. The Morgan fingerprint density at radius 1 is 1.60 bits per heavy atom. The summed E-state index contributed by atoms with van der Waals surface area (Å²) in [6.07, 6.45) is 4.96. The van der Waals surface area contributed by atoms with Crippen molar-refractivity contribution in [3.63, 3.8) is 0 Å². The molecule has 76 valence electrons. The summed E-state index contributed by atoms with van der Waals surface area (Å²) in [5.74, 6) is 0.386. The van der Waals surface area contributed by atoms with Crippen molar-refractivity contribution >= 4 is 29.1 Å². The van der Waals surface area contributed by atoms with Crippen LogP contribution in [0.1, 0.15) is 5.56 Å². The van der Waals surface area contributed by atoms with Crippen molar-refractivity contribution in [2.45, 2.75) is 0 Å². The Balaban J connectivity index is 1.98. The van der Waals surface area contributed by atoms with E-state index in [4.69, 9.17) is 0 Å². The van der Waals surface area contributed by atoms with Gasteiger partial charge in [-0.05, 0) is 6.07 Å². The highest BCUT2D eigenvalue weighted by molar-refractivity contribution is 8.15. The molecule has 1 amide bonds. The minimum Gasteiger partial charge on any atom is -0.303 e. The quantitative estimate of drug-likeness (QED) is 0.587. The van der Waals surface area contributed by atoms with E-state index in [-0.39, 0.29) is 5.91 Å². The van der Waals surface area contributed by atoms with Crippen LogP contribution in [0.15, 0.2) is 34.7 Å². The Labute approximate surface area is 90.7 Å². The molecule has 0 saturated carbocycles. The van der Waals surface area contributed by atoms with E-state index in [0.29, 0.717) is 10.9 Å². The van der Waals surface area contributed by atoms with Crippen LogP contribution in [-0.2, 0) is 4.79 Å². The molecule has 2 heterocycles. The zero-order chi connectivity index (χ0) is 10.5. The number of hydrogen-bond donors (Lipinski definition) is 1. The molecule has 1 aliphatic heterocycles. The van der Waals surface area contributed by atoms with Crippen molar-refractivity contribution in [3.8, 4) is 0 Å². The predicted molar refractivity (Wildman–Crippen MR) is 59.9 cm³/mol. The third-order valence-corrected chi connectivity index (χ3v) is 2.49. The molecule has 6 heteroatoms. The first kappa shape index (κ1) is 9.85. The number of rotatable bonds is 2. The molecule has 1 saturated heterocycles. The molecular weight excluding hydrogens is 212 g/mol. The highest BCUT2D eigenvalue weighted by Crippen LogP contribution is 2.08. The van der Waals surface area contributed by atoms with Gasteiger partial charge in [-0.15, -0.1) is 5.10 Å². The number of nitrogens with one attached hydrogen (secondary N) is 1. The van der Waals surface area contributed by atoms with Gasteiger partial charge in [0.1, 0.15) is 0 Å². The van der Waals surface area contributed by atoms with Gasteiger partial charge in [0.05, 0.1) is 12.0 Å². The van der Waals surface area contributed by atoms with E-state index in [0.717, 1.165) is 5.56 Å². The van der Waals surface area contributed by atoms with E-state index in [1.165, 1.54) is 11.8 Å². The average molecular weight is 220 g/mol. The van der Waals surface area contributed by atoms with Crippen LogP contribution in [0.2, 0.25) is 0 Å². The summed E-state index contributed by atoms with van der Waals surface area (Å²) in [6.45, 7) is 0. The smallest absolute Gasteiger partial charge is 0.236 e. The minimum atomic E-state index is -0.0321. The van der Waals surface area contributed by atoms with Gasteiger partial charge in [0.25, 0.3) is 0 Å². The van der Waals surface area contributed by atoms with Gasteiger partial charge in [-0.25, -0.2) is 0 Å². The van der Waals surface area contributed by atoms with E-state index in [1.54, 1.807) is 18.6 Å². The monoisotopic (exact) mass is 220 g/mol. The van der Waals surface area contributed by atoms with Crippen LogP contribution < -0.4 is 5.32 Å². The molecule has 2 rings (SSSR count). The van der Waals surface area contributed by atoms with Crippen LogP contribution in [0.25, 0.3) is 0 Å². The lowest BCUT2D eigenvalue weighted by Crippen LogP contribution is -2.19. The molecule has 0 atom stereocenters. The van der Waals surface area contributed by atoms with Gasteiger partial charge in [0.15, 0.2) is 5.17 Å². The van der Waals surface area contributed by atoms with Crippen molar-refractivity contribution in [2.75, 3.05) is 5.75 Å². The molecule has 1 fully saturated rings. The van der Waals surface area contributed by atoms with Gasteiger partial charge < -0.3 is 5.32 Å². The van der Waals surface area contributed by atoms with Crippen LogP contribution in [0, 0.1) is 0 Å². The SMILES string of the molecule is O=C1CS/C(=N\N=C/c2cccnc2)N1. The Bertz CT molecular complexity index is 415. The van der Waals surface area contributed by atoms with Crippen molar-refractivity contribution in [1.82, 2.24) is 10.3 Å². The first-order valence-corrected chi connectivity index (χ1v) is 5.27. The van der Waals surface area contributed by atoms with E-state index in [9.17, 15) is 4.79 Å². The summed E-state index contributed by atoms with van der Waals surface area (Å²) in [5.41, 5.74) is 0.871. The molecule has 0 unspecified atom stereocenters. The molecule has 1 aliphatic rings. The normalized spacial score (nSPS) is 18.7. The van der Waals surface area contributed by atoms with Crippen LogP contribution >= 0.6 is 11.8 Å². The van der Waals surface area contributed by atoms with Gasteiger partial charge in [0.2, 0.25) is 5.91 Å². The number of pyridine rings is 1. The van der Waals surface area contributed by atoms with Crippen LogP contribution in [0.4, 0.5) is 0 Å². The standard InChI is InChI=1S/C9H8N4OS/c14-8-6-15-9(12-8)13-11-5-7-2-1-3-10-4-7/h1-5H,6H2,(H,12,13,14)/b11-5-. The second kappa shape index (κ2) is 4.70. The molecular formula is C9H8N4OS. The van der Waals surface area contributed by atoms with Crippen molar-refractivity contribution in [1.29, 1.82) is 0 Å².